The highest BCUT2D eigenvalue weighted by molar-refractivity contribution is 6.33. The zero-order valence-corrected chi connectivity index (χ0v) is 21.6. The van der Waals surface area contributed by atoms with Crippen molar-refractivity contribution in [2.45, 2.75) is 32.5 Å². The van der Waals surface area contributed by atoms with Crippen molar-refractivity contribution in [1.29, 1.82) is 0 Å². The van der Waals surface area contributed by atoms with E-state index in [2.05, 4.69) is 26.3 Å². The molecule has 0 aliphatic carbocycles. The first-order valence-electron chi connectivity index (χ1n) is 12.1. The number of halogens is 4. The lowest BCUT2D eigenvalue weighted by atomic mass is 10.1. The summed E-state index contributed by atoms with van der Waals surface area (Å²) in [6.07, 6.45) is 1.05. The Hall–Kier alpha value is -3.54. The summed E-state index contributed by atoms with van der Waals surface area (Å²) in [7, 11) is 1.85. The Kier molecular flexibility index (Phi) is 7.08. The molecule has 3 heterocycles. The number of aromatic nitrogens is 2. The molecule has 3 aromatic rings. The highest BCUT2D eigenvalue weighted by Gasteiger charge is 2.32. The second-order valence-corrected chi connectivity index (χ2v) is 9.84. The highest BCUT2D eigenvalue weighted by Crippen LogP contribution is 2.33. The first-order valence-corrected chi connectivity index (χ1v) is 12.5. The van der Waals surface area contributed by atoms with Crippen LogP contribution in [0.15, 0.2) is 48.8 Å². The second kappa shape index (κ2) is 10.3. The van der Waals surface area contributed by atoms with Gasteiger partial charge in [-0.25, -0.2) is 0 Å². The maximum atomic E-state index is 13.6. The average molecular weight is 546 g/mol. The predicted molar refractivity (Wildman–Crippen MR) is 140 cm³/mol. The molecule has 2 aromatic carbocycles. The van der Waals surface area contributed by atoms with Crippen LogP contribution in [-0.2, 0) is 19.8 Å². The first-order chi connectivity index (χ1) is 18.1. The summed E-state index contributed by atoms with van der Waals surface area (Å²) >= 11 is 6.43. The normalized spacial score (nSPS) is 16.1. The zero-order chi connectivity index (χ0) is 27.0. The molecule has 2 aliphatic rings. The van der Waals surface area contributed by atoms with Gasteiger partial charge in [0, 0.05) is 42.3 Å². The number of hydrogen-bond acceptors (Lipinski definition) is 6. The fourth-order valence-corrected chi connectivity index (χ4v) is 4.81. The number of carbonyl (C=O) groups excluding carboxylic acids is 1. The van der Waals surface area contributed by atoms with E-state index in [9.17, 15) is 18.0 Å². The number of hydrazine groups is 2. The molecular formula is C26H27ClF3N7O. The molecule has 38 heavy (non-hydrogen) atoms. The van der Waals surface area contributed by atoms with Crippen molar-refractivity contribution in [3.05, 3.63) is 81.8 Å². The smallest absolute Gasteiger partial charge is 0.322 e. The van der Waals surface area contributed by atoms with Crippen molar-refractivity contribution in [1.82, 2.24) is 25.6 Å². The summed E-state index contributed by atoms with van der Waals surface area (Å²) in [6.45, 7) is 4.04. The second-order valence-electron chi connectivity index (χ2n) is 9.44. The van der Waals surface area contributed by atoms with Gasteiger partial charge >= 0.3 is 6.18 Å². The van der Waals surface area contributed by atoms with Gasteiger partial charge in [0.05, 0.1) is 28.2 Å². The van der Waals surface area contributed by atoms with Gasteiger partial charge in [-0.3, -0.25) is 19.4 Å². The van der Waals surface area contributed by atoms with Crippen LogP contribution in [0.25, 0.3) is 5.70 Å². The molecule has 1 saturated heterocycles. The zero-order valence-electron chi connectivity index (χ0n) is 20.9. The van der Waals surface area contributed by atoms with Crippen molar-refractivity contribution in [3.8, 4) is 0 Å². The minimum absolute atomic E-state index is 0.0886. The monoisotopic (exact) mass is 545 g/mol. The number of benzene rings is 2. The molecule has 1 fully saturated rings. The van der Waals surface area contributed by atoms with Gasteiger partial charge in [-0.1, -0.05) is 11.6 Å². The summed E-state index contributed by atoms with van der Waals surface area (Å²) in [5, 5.41) is 8.89. The fourth-order valence-electron chi connectivity index (χ4n) is 4.60. The van der Waals surface area contributed by atoms with Crippen LogP contribution in [0.1, 0.15) is 45.6 Å². The predicted octanol–water partition coefficient (Wildman–Crippen LogP) is 5.08. The molecule has 0 radical (unpaired) electrons. The molecule has 0 unspecified atom stereocenters. The van der Waals surface area contributed by atoms with Crippen molar-refractivity contribution >= 4 is 34.6 Å². The number of likely N-dealkylation sites (tertiary alicyclic amines) is 1. The molecular weight excluding hydrogens is 519 g/mol. The van der Waals surface area contributed by atoms with Gasteiger partial charge < -0.3 is 10.7 Å². The third-order valence-electron chi connectivity index (χ3n) is 6.75. The molecule has 0 atom stereocenters. The Bertz CT molecular complexity index is 1400. The molecule has 0 spiro atoms. The van der Waals surface area contributed by atoms with E-state index in [1.165, 1.54) is 6.07 Å². The topological polar surface area (TPSA) is 77.5 Å². The van der Waals surface area contributed by atoms with E-state index in [0.717, 1.165) is 55.0 Å². The summed E-state index contributed by atoms with van der Waals surface area (Å²) in [6, 6.07) is 8.37. The maximum absolute atomic E-state index is 13.6. The van der Waals surface area contributed by atoms with E-state index in [0.29, 0.717) is 22.8 Å². The lowest BCUT2D eigenvalue weighted by Gasteiger charge is -2.19. The van der Waals surface area contributed by atoms with Gasteiger partial charge in [-0.2, -0.15) is 18.3 Å². The van der Waals surface area contributed by atoms with E-state index < -0.39 is 17.6 Å². The summed E-state index contributed by atoms with van der Waals surface area (Å²) in [4.78, 5) is 15.2. The van der Waals surface area contributed by atoms with Gasteiger partial charge in [0.2, 0.25) is 0 Å². The molecule has 2 aliphatic heterocycles. The van der Waals surface area contributed by atoms with Crippen LogP contribution in [0.2, 0.25) is 5.02 Å². The number of aryl methyl sites for hydroxylation is 1. The SMILES string of the molecule is Cc1c(C2=CN(c3cc(C(=O)Nc4cc(CN5CCCC5)cc(C(F)(F)F)c4)ccc3Cl)NN2)cnn1C. The summed E-state index contributed by atoms with van der Waals surface area (Å²) in [5.41, 5.74) is 9.18. The van der Waals surface area contributed by atoms with Crippen LogP contribution < -0.4 is 21.3 Å². The molecule has 1 aromatic heterocycles. The highest BCUT2D eigenvalue weighted by atomic mass is 35.5. The van der Waals surface area contributed by atoms with Crippen molar-refractivity contribution in [3.63, 3.8) is 0 Å². The Labute approximate surface area is 223 Å². The quantitative estimate of drug-likeness (QED) is 0.401. The number of amides is 1. The number of nitrogens with zero attached hydrogens (tertiary/aromatic N) is 4. The van der Waals surface area contributed by atoms with E-state index in [1.54, 1.807) is 40.3 Å². The van der Waals surface area contributed by atoms with Crippen LogP contribution in [0.3, 0.4) is 0 Å². The van der Waals surface area contributed by atoms with Crippen molar-refractivity contribution in [2.75, 3.05) is 23.4 Å². The first kappa shape index (κ1) is 26.1. The third kappa shape index (κ3) is 5.50. The summed E-state index contributed by atoms with van der Waals surface area (Å²) in [5.74, 6) is -0.547. The molecule has 12 heteroatoms. The number of carbonyl (C=O) groups is 1. The van der Waals surface area contributed by atoms with Gasteiger partial charge in [0.1, 0.15) is 0 Å². The molecule has 8 nitrogen and oxygen atoms in total. The Morgan fingerprint density at radius 2 is 1.92 bits per heavy atom. The summed E-state index contributed by atoms with van der Waals surface area (Å²) < 4.78 is 42.6. The fraction of sp³-hybridized carbons (Fsp3) is 0.308. The van der Waals surface area contributed by atoms with E-state index in [4.69, 9.17) is 11.6 Å². The van der Waals surface area contributed by atoms with E-state index in [1.807, 2.05) is 14.0 Å². The van der Waals surface area contributed by atoms with Gasteiger partial charge in [0.15, 0.2) is 0 Å². The third-order valence-corrected chi connectivity index (χ3v) is 7.06. The minimum Gasteiger partial charge on any atom is -0.322 e. The van der Waals surface area contributed by atoms with E-state index in [-0.39, 0.29) is 11.3 Å². The number of alkyl halides is 3. The Balaban J connectivity index is 1.38. The minimum atomic E-state index is -4.53. The molecule has 5 rings (SSSR count). The van der Waals surface area contributed by atoms with Crippen LogP contribution in [0.4, 0.5) is 24.5 Å². The number of anilines is 2. The lowest BCUT2D eigenvalue weighted by Crippen LogP contribution is -2.36. The Morgan fingerprint density at radius 3 is 2.61 bits per heavy atom. The van der Waals surface area contributed by atoms with Crippen LogP contribution in [0.5, 0.6) is 0 Å². The van der Waals surface area contributed by atoms with Crippen molar-refractivity contribution < 1.29 is 18.0 Å². The largest absolute Gasteiger partial charge is 0.416 e. The van der Waals surface area contributed by atoms with Gasteiger partial charge in [-0.05, 0) is 74.8 Å². The standard InChI is InChI=1S/C26H27ClF3N7O/c1-16-21(13-31-35(16)2)23-15-37(34-33-23)24-11-18(5-6-22(24)27)25(38)32-20-10-17(14-36-7-3-4-8-36)9-19(12-20)26(28,29)30/h5-6,9-13,15,33-34H,3-4,7-8,14H2,1-2H3,(H,32,38). The molecule has 3 N–H and O–H groups in total. The Morgan fingerprint density at radius 1 is 1.16 bits per heavy atom. The van der Waals surface area contributed by atoms with Crippen LogP contribution in [0, 0.1) is 6.92 Å². The number of nitrogens with one attached hydrogen (secondary N) is 3. The maximum Gasteiger partial charge on any atom is 0.416 e. The molecule has 0 bridgehead atoms. The van der Waals surface area contributed by atoms with Gasteiger partial charge in [-0.15, -0.1) is 5.53 Å². The van der Waals surface area contributed by atoms with Crippen LogP contribution in [-0.4, -0.2) is 33.7 Å². The van der Waals surface area contributed by atoms with Crippen LogP contribution >= 0.6 is 11.6 Å². The molecule has 1 amide bonds. The van der Waals surface area contributed by atoms with Gasteiger partial charge in [0.25, 0.3) is 5.91 Å². The number of hydrogen-bond donors (Lipinski definition) is 3. The average Bonchev–Trinajstić information content (AvgIpc) is 3.62. The number of rotatable bonds is 6. The lowest BCUT2D eigenvalue weighted by molar-refractivity contribution is -0.137. The van der Waals surface area contributed by atoms with Crippen molar-refractivity contribution in [2.24, 2.45) is 7.05 Å². The van der Waals surface area contributed by atoms with E-state index >= 15 is 0 Å². The molecule has 0 saturated carbocycles. The molecule has 200 valence electrons.